The molecule has 10 nitrogen and oxygen atoms in total. The van der Waals surface area contributed by atoms with Crippen molar-refractivity contribution in [1.29, 1.82) is 0 Å². The molecule has 2 aromatic carbocycles. The molecule has 0 saturated heterocycles. The number of anilines is 2. The van der Waals surface area contributed by atoms with E-state index in [0.29, 0.717) is 10.6 Å². The van der Waals surface area contributed by atoms with Crippen molar-refractivity contribution in [2.24, 2.45) is 0 Å². The van der Waals surface area contributed by atoms with Gasteiger partial charge in [0.05, 0.1) is 21.2 Å². The third-order valence-corrected chi connectivity index (χ3v) is 5.36. The van der Waals surface area contributed by atoms with Crippen LogP contribution in [0.4, 0.5) is 17.3 Å². The van der Waals surface area contributed by atoms with Gasteiger partial charge in [0.15, 0.2) is 0 Å². The molecule has 0 saturated carbocycles. The molecule has 0 aliphatic heterocycles. The van der Waals surface area contributed by atoms with Crippen molar-refractivity contribution < 1.29 is 14.5 Å². The summed E-state index contributed by atoms with van der Waals surface area (Å²) in [6.07, 6.45) is 0. The number of fused-ring (bicyclic) bond motifs is 1. The molecule has 31 heavy (non-hydrogen) atoms. The first kappa shape index (κ1) is 20.4. The largest absolute Gasteiger partial charge is 0.326 e. The maximum Gasteiger partial charge on any atom is 0.270 e. The minimum absolute atomic E-state index is 0.0375. The summed E-state index contributed by atoms with van der Waals surface area (Å²) in [4.78, 5) is 38.9. The van der Waals surface area contributed by atoms with E-state index in [9.17, 15) is 19.7 Å². The number of aromatic nitrogens is 3. The Morgan fingerprint density at radius 2 is 1.90 bits per heavy atom. The molecule has 4 aromatic rings. The predicted octanol–water partition coefficient (Wildman–Crippen LogP) is 4.23. The Hall–Kier alpha value is -3.83. The average molecular weight is 457 g/mol. The zero-order valence-electron chi connectivity index (χ0n) is 15.8. The minimum atomic E-state index is -0.659. The third-order valence-electron chi connectivity index (χ3n) is 4.21. The maximum absolute atomic E-state index is 12.6. The Labute approximate surface area is 183 Å². The number of hydrogen-bond donors (Lipinski definition) is 2. The molecule has 2 heterocycles. The number of nitrogens with one attached hydrogen (secondary N) is 2. The van der Waals surface area contributed by atoms with Crippen LogP contribution in [0, 0.1) is 10.1 Å². The number of nitro benzene ring substituents is 1. The first-order chi connectivity index (χ1) is 14.8. The summed E-state index contributed by atoms with van der Waals surface area (Å²) >= 11 is 7.35. The first-order valence-corrected chi connectivity index (χ1v) is 10.0. The van der Waals surface area contributed by atoms with E-state index in [2.05, 4.69) is 20.7 Å². The molecule has 156 valence electrons. The highest BCUT2D eigenvalue weighted by atomic mass is 35.5. The second-order valence-electron chi connectivity index (χ2n) is 6.38. The van der Waals surface area contributed by atoms with E-state index in [1.165, 1.54) is 30.4 Å². The summed E-state index contributed by atoms with van der Waals surface area (Å²) in [6, 6.07) is 10.8. The Bertz CT molecular complexity index is 1330. The van der Waals surface area contributed by atoms with Gasteiger partial charge in [0, 0.05) is 35.7 Å². The Morgan fingerprint density at radius 3 is 2.58 bits per heavy atom. The fourth-order valence-electron chi connectivity index (χ4n) is 2.83. The van der Waals surface area contributed by atoms with Gasteiger partial charge < -0.3 is 5.32 Å². The van der Waals surface area contributed by atoms with Crippen LogP contribution in [0.25, 0.3) is 16.2 Å². The van der Waals surface area contributed by atoms with Crippen molar-refractivity contribution in [3.8, 4) is 11.3 Å². The quantitative estimate of drug-likeness (QED) is 0.341. The van der Waals surface area contributed by atoms with Gasteiger partial charge in [0.1, 0.15) is 0 Å². The highest BCUT2D eigenvalue weighted by Crippen LogP contribution is 2.28. The smallest absolute Gasteiger partial charge is 0.270 e. The minimum Gasteiger partial charge on any atom is -0.326 e. The van der Waals surface area contributed by atoms with Crippen LogP contribution < -0.4 is 10.6 Å². The fourth-order valence-corrected chi connectivity index (χ4v) is 3.86. The van der Waals surface area contributed by atoms with Crippen LogP contribution in [0.1, 0.15) is 17.3 Å². The Balaban J connectivity index is 1.59. The molecule has 0 fully saturated rings. The number of amides is 2. The number of carbonyl (C=O) groups excluding carboxylic acids is 2. The molecule has 0 aliphatic rings. The lowest BCUT2D eigenvalue weighted by Gasteiger charge is -2.04. The summed E-state index contributed by atoms with van der Waals surface area (Å²) in [5.74, 6) is -0.783. The monoisotopic (exact) mass is 456 g/mol. The topological polar surface area (TPSA) is 132 Å². The number of nitrogens with zero attached hydrogens (tertiary/aromatic N) is 4. The van der Waals surface area contributed by atoms with Gasteiger partial charge in [-0.05, 0) is 18.2 Å². The van der Waals surface area contributed by atoms with Gasteiger partial charge in [-0.1, -0.05) is 23.7 Å². The SMILES string of the molecule is CC(=O)Nc1ccc(-c2csc3nc(NC(=O)c4cc([N+](=O)[O-])ccc4Cl)nn23)cc1. The Morgan fingerprint density at radius 1 is 1.16 bits per heavy atom. The normalized spacial score (nSPS) is 10.8. The van der Waals surface area contributed by atoms with Crippen LogP contribution >= 0.6 is 22.9 Å². The molecule has 0 unspecified atom stereocenters. The van der Waals surface area contributed by atoms with Crippen molar-refractivity contribution in [3.63, 3.8) is 0 Å². The van der Waals surface area contributed by atoms with Gasteiger partial charge in [-0.2, -0.15) is 4.98 Å². The second-order valence-corrected chi connectivity index (χ2v) is 7.63. The summed E-state index contributed by atoms with van der Waals surface area (Å²) in [7, 11) is 0. The van der Waals surface area contributed by atoms with Crippen LogP contribution in [0.15, 0.2) is 47.8 Å². The number of carbonyl (C=O) groups is 2. The number of nitro groups is 1. The van der Waals surface area contributed by atoms with Crippen LogP contribution in [-0.2, 0) is 4.79 Å². The molecule has 0 bridgehead atoms. The summed E-state index contributed by atoms with van der Waals surface area (Å²) < 4.78 is 1.57. The summed E-state index contributed by atoms with van der Waals surface area (Å²) in [6.45, 7) is 1.43. The standard InChI is InChI=1S/C19H13ClN6O4S/c1-10(27)21-12-4-2-11(3-5-12)16-9-31-19-23-18(24-25(16)19)22-17(28)14-8-13(26(29)30)6-7-15(14)20/h2-9H,1H3,(H,21,27)(H,22,24,28). The van der Waals surface area contributed by atoms with Crippen molar-refractivity contribution in [1.82, 2.24) is 14.6 Å². The zero-order chi connectivity index (χ0) is 22.1. The van der Waals surface area contributed by atoms with Crippen LogP contribution in [0.2, 0.25) is 5.02 Å². The van der Waals surface area contributed by atoms with Crippen molar-refractivity contribution in [2.45, 2.75) is 6.92 Å². The van der Waals surface area contributed by atoms with Crippen molar-refractivity contribution in [3.05, 3.63) is 68.5 Å². The van der Waals surface area contributed by atoms with E-state index < -0.39 is 10.8 Å². The van der Waals surface area contributed by atoms with E-state index in [1.54, 1.807) is 16.6 Å². The summed E-state index contributed by atoms with van der Waals surface area (Å²) in [5.41, 5.74) is 1.95. The van der Waals surface area contributed by atoms with Crippen LogP contribution in [0.3, 0.4) is 0 Å². The molecule has 2 aromatic heterocycles. The van der Waals surface area contributed by atoms with E-state index in [-0.39, 0.29) is 28.1 Å². The molecule has 0 atom stereocenters. The summed E-state index contributed by atoms with van der Waals surface area (Å²) in [5, 5.41) is 22.4. The van der Waals surface area contributed by atoms with E-state index in [0.717, 1.165) is 17.3 Å². The Kier molecular flexibility index (Phi) is 5.36. The zero-order valence-corrected chi connectivity index (χ0v) is 17.4. The second kappa shape index (κ2) is 8.13. The highest BCUT2D eigenvalue weighted by Gasteiger charge is 2.19. The van der Waals surface area contributed by atoms with Crippen molar-refractivity contribution in [2.75, 3.05) is 10.6 Å². The lowest BCUT2D eigenvalue weighted by Crippen LogP contribution is -2.14. The predicted molar refractivity (Wildman–Crippen MR) is 117 cm³/mol. The number of rotatable bonds is 5. The number of non-ortho nitro benzene ring substituents is 1. The first-order valence-electron chi connectivity index (χ1n) is 8.79. The number of halogens is 1. The van der Waals surface area contributed by atoms with Gasteiger partial charge in [-0.25, -0.2) is 4.52 Å². The lowest BCUT2D eigenvalue weighted by atomic mass is 10.1. The van der Waals surface area contributed by atoms with Gasteiger partial charge in [-0.15, -0.1) is 16.4 Å². The average Bonchev–Trinajstić information content (AvgIpc) is 3.28. The van der Waals surface area contributed by atoms with Gasteiger partial charge in [-0.3, -0.25) is 25.0 Å². The highest BCUT2D eigenvalue weighted by molar-refractivity contribution is 7.15. The molecule has 2 amide bonds. The van der Waals surface area contributed by atoms with Crippen LogP contribution in [0.5, 0.6) is 0 Å². The third kappa shape index (κ3) is 4.22. The molecule has 12 heteroatoms. The lowest BCUT2D eigenvalue weighted by molar-refractivity contribution is -0.384. The molecule has 0 aliphatic carbocycles. The van der Waals surface area contributed by atoms with E-state index in [1.807, 2.05) is 17.5 Å². The molecule has 0 radical (unpaired) electrons. The molecule has 2 N–H and O–H groups in total. The molecular weight excluding hydrogens is 444 g/mol. The fraction of sp³-hybridized carbons (Fsp3) is 0.0526. The van der Waals surface area contributed by atoms with Gasteiger partial charge in [0.25, 0.3) is 17.5 Å². The molecular formula is C19H13ClN6O4S. The molecule has 4 rings (SSSR count). The van der Waals surface area contributed by atoms with Crippen molar-refractivity contribution >= 4 is 57.0 Å². The number of thiazole rings is 1. The molecule has 0 spiro atoms. The van der Waals surface area contributed by atoms with Gasteiger partial charge in [0.2, 0.25) is 10.9 Å². The van der Waals surface area contributed by atoms with Gasteiger partial charge >= 0.3 is 0 Å². The van der Waals surface area contributed by atoms with E-state index >= 15 is 0 Å². The number of benzene rings is 2. The maximum atomic E-state index is 12.6. The van der Waals surface area contributed by atoms with Crippen LogP contribution in [-0.4, -0.2) is 31.3 Å². The number of hydrogen-bond acceptors (Lipinski definition) is 7. The van der Waals surface area contributed by atoms with E-state index in [4.69, 9.17) is 11.6 Å².